The van der Waals surface area contributed by atoms with E-state index in [4.69, 9.17) is 15.6 Å². The molecule has 0 bridgehead atoms. The number of anilines is 1. The maximum atomic E-state index is 14.9. The third-order valence-electron chi connectivity index (χ3n) is 13.1. The highest BCUT2D eigenvalue weighted by atomic mass is 16.6. The third kappa shape index (κ3) is 12.9. The van der Waals surface area contributed by atoms with E-state index in [0.29, 0.717) is 5.56 Å². The van der Waals surface area contributed by atoms with Crippen LogP contribution in [0, 0.1) is 10.8 Å². The molecule has 15 unspecified atom stereocenters. The van der Waals surface area contributed by atoms with E-state index < -0.39 is 171 Å². The molecule has 0 saturated carbocycles. The van der Waals surface area contributed by atoms with Gasteiger partial charge in [-0.3, -0.25) is 44.4 Å². The minimum Gasteiger partial charge on any atom is -0.506 e. The van der Waals surface area contributed by atoms with Crippen LogP contribution in [0.25, 0.3) is 0 Å². The van der Waals surface area contributed by atoms with Gasteiger partial charge in [0.25, 0.3) is 0 Å². The largest absolute Gasteiger partial charge is 0.506 e. The average molecular weight is 1040 g/mol. The van der Waals surface area contributed by atoms with Crippen molar-refractivity contribution in [1.82, 2.24) is 52.8 Å². The Balaban J connectivity index is 1.45. The molecule has 15 atom stereocenters. The van der Waals surface area contributed by atoms with Crippen LogP contribution in [0.1, 0.15) is 37.3 Å². The van der Waals surface area contributed by atoms with Gasteiger partial charge in [-0.2, -0.15) is 0 Å². The predicted molar refractivity (Wildman–Crippen MR) is 255 cm³/mol. The Morgan fingerprint density at radius 1 is 0.743 bits per heavy atom. The summed E-state index contributed by atoms with van der Waals surface area (Å²) in [5, 5.41) is 128. The third-order valence-corrected chi connectivity index (χ3v) is 13.1. The molecule has 404 valence electrons. The number of benzene rings is 2. The number of hydrogen-bond donors (Lipinski definition) is 20. The van der Waals surface area contributed by atoms with Crippen molar-refractivity contribution in [3.8, 4) is 5.75 Å². The van der Waals surface area contributed by atoms with Gasteiger partial charge < -0.3 is 104 Å². The van der Waals surface area contributed by atoms with Gasteiger partial charge >= 0.3 is 0 Å². The number of aliphatic hydroxyl groups is 7. The number of ether oxygens (including phenoxy) is 1. The van der Waals surface area contributed by atoms with Crippen LogP contribution >= 0.6 is 0 Å². The maximum absolute atomic E-state index is 14.9. The number of carbonyl (C=O) groups is 7. The zero-order valence-electron chi connectivity index (χ0n) is 40.0. The highest BCUT2D eigenvalue weighted by Gasteiger charge is 2.53. The highest BCUT2D eigenvalue weighted by Crippen LogP contribution is 2.29. The molecule has 4 aliphatic heterocycles. The Kier molecular flexibility index (Phi) is 18.7. The second-order valence-corrected chi connectivity index (χ2v) is 18.1. The number of amides is 7. The first-order valence-corrected chi connectivity index (χ1v) is 23.6. The zero-order valence-corrected chi connectivity index (χ0v) is 40.0. The molecule has 4 heterocycles. The Hall–Kier alpha value is -7.25. The lowest BCUT2D eigenvalue weighted by molar-refractivity contribution is -0.260. The van der Waals surface area contributed by atoms with Gasteiger partial charge in [0.2, 0.25) is 41.4 Å². The molecule has 0 spiro atoms. The molecule has 0 radical (unpaired) electrons. The quantitative estimate of drug-likeness (QED) is 0.0829. The van der Waals surface area contributed by atoms with Crippen LogP contribution in [0.3, 0.4) is 0 Å². The number of rotatable bonds is 13. The van der Waals surface area contributed by atoms with Crippen molar-refractivity contribution < 1.29 is 79.2 Å². The van der Waals surface area contributed by atoms with E-state index >= 15 is 0 Å². The van der Waals surface area contributed by atoms with E-state index in [2.05, 4.69) is 53.2 Å². The van der Waals surface area contributed by atoms with E-state index in [0.717, 1.165) is 4.90 Å². The summed E-state index contributed by atoms with van der Waals surface area (Å²) in [6.45, 7) is -0.634. The van der Waals surface area contributed by atoms with E-state index in [1.54, 1.807) is 37.3 Å². The summed E-state index contributed by atoms with van der Waals surface area (Å²) in [4.78, 5) is 99.1. The van der Waals surface area contributed by atoms with Crippen molar-refractivity contribution in [1.29, 1.82) is 10.8 Å². The van der Waals surface area contributed by atoms with E-state index in [1.807, 2.05) is 0 Å². The summed E-state index contributed by atoms with van der Waals surface area (Å²) in [6.07, 6.45) is -13.7. The summed E-state index contributed by atoms with van der Waals surface area (Å²) >= 11 is 0. The van der Waals surface area contributed by atoms with Gasteiger partial charge in [0.05, 0.1) is 37.5 Å². The van der Waals surface area contributed by atoms with Crippen molar-refractivity contribution >= 4 is 59.0 Å². The standard InChI is InChI=1S/C45H63N13O16/c1-3-21(20-7-5-4-6-8-20)30-40(71)52-23(12-19-9-10-27(62)22(11-19)51-18(2)61)39(70)56-31(33(64)24-13-49-44(46)54-24)42(73)57-32(41(72)53-25(16-59)38(69)48-15-29(63)55-30)34(65)26-14-50-45(47)58(26)43-37(68)36(67)35(66)28(17-60)74-43/h4-11,21,23-26,28,30-37,43,59-60,62,64-68H,3,12-17H2,1-2H3,(H2,47,50)(H,48,69)(H,51,61)(H,52,71)(H,53,72)(H,55,63)(H,56,70)(H,57,73)(H3,46,49,54). The van der Waals surface area contributed by atoms with Gasteiger partial charge in [0, 0.05) is 32.4 Å². The molecular weight excluding hydrogens is 979 g/mol. The molecule has 2 aromatic rings. The van der Waals surface area contributed by atoms with Crippen LogP contribution in [0.4, 0.5) is 5.69 Å². The topological polar surface area (TPSA) is 462 Å². The second kappa shape index (κ2) is 24.6. The summed E-state index contributed by atoms with van der Waals surface area (Å²) in [6, 6.07) is -0.0867. The highest BCUT2D eigenvalue weighted by molar-refractivity contribution is 5.99. The maximum Gasteiger partial charge on any atom is 0.246 e. The molecule has 20 N–H and O–H groups in total. The molecular formula is C45H63N13O16. The average Bonchev–Trinajstić information content (AvgIpc) is 3.99. The van der Waals surface area contributed by atoms with Gasteiger partial charge in [-0.05, 0) is 29.7 Å². The number of guanidine groups is 2. The van der Waals surface area contributed by atoms with Crippen LogP contribution in [0.15, 0.2) is 48.5 Å². The number of aliphatic hydroxyl groups excluding tert-OH is 7. The Labute approximate surface area is 422 Å². The summed E-state index contributed by atoms with van der Waals surface area (Å²) < 4.78 is 5.65. The van der Waals surface area contributed by atoms with Gasteiger partial charge in [0.15, 0.2) is 18.1 Å². The number of hydrogen-bond acceptors (Lipinski definition) is 18. The molecule has 6 rings (SSSR count). The van der Waals surface area contributed by atoms with Crippen LogP contribution in [-0.4, -0.2) is 217 Å². The molecule has 29 heteroatoms. The second-order valence-electron chi connectivity index (χ2n) is 18.1. The molecule has 4 saturated heterocycles. The molecule has 2 aromatic carbocycles. The number of nitrogens with one attached hydrogen (secondary N) is 12. The number of phenols is 1. The lowest BCUT2D eigenvalue weighted by Crippen LogP contribution is -2.69. The molecule has 0 aliphatic carbocycles. The van der Waals surface area contributed by atoms with Crippen molar-refractivity contribution in [2.75, 3.05) is 38.2 Å². The van der Waals surface area contributed by atoms with E-state index in [9.17, 15) is 74.4 Å². The minimum atomic E-state index is -2.31. The first kappa shape index (κ1) is 56.1. The van der Waals surface area contributed by atoms with Crippen LogP contribution in [0.2, 0.25) is 0 Å². The van der Waals surface area contributed by atoms with Gasteiger partial charge in [-0.25, -0.2) is 0 Å². The van der Waals surface area contributed by atoms with Gasteiger partial charge in [-0.1, -0.05) is 43.3 Å². The molecule has 0 aromatic heterocycles. The number of nitrogens with zero attached hydrogens (tertiary/aromatic N) is 1. The fourth-order valence-electron chi connectivity index (χ4n) is 9.13. The fraction of sp³-hybridized carbons (Fsp3) is 0.533. The van der Waals surface area contributed by atoms with Gasteiger partial charge in [-0.15, -0.1) is 0 Å². The number of carbonyl (C=O) groups excluding carboxylic acids is 7. The fourth-order valence-corrected chi connectivity index (χ4v) is 9.13. The van der Waals surface area contributed by atoms with E-state index in [1.165, 1.54) is 25.1 Å². The van der Waals surface area contributed by atoms with Crippen LogP contribution in [0.5, 0.6) is 5.75 Å². The molecule has 4 aliphatic rings. The van der Waals surface area contributed by atoms with Gasteiger partial charge in [0.1, 0.15) is 72.6 Å². The SMILES string of the molecule is CCC(c1ccccc1)C1NC(=O)CNC(=O)C(CO)NC(=O)C(C(O)C2CNC(=N)N2C2OC(CO)C(O)C(O)C2O)NC(=O)C(C(O)C2CNC(=N)N2)NC(=O)C(Cc2ccc(O)c(NC(C)=O)c2)NC1=O. The van der Waals surface area contributed by atoms with Crippen molar-refractivity contribution in [2.24, 2.45) is 0 Å². The Morgan fingerprint density at radius 2 is 1.39 bits per heavy atom. The van der Waals surface area contributed by atoms with Crippen molar-refractivity contribution in [3.63, 3.8) is 0 Å². The number of aromatic hydroxyl groups is 1. The molecule has 4 fully saturated rings. The van der Waals surface area contributed by atoms with E-state index in [-0.39, 0.29) is 35.9 Å². The monoisotopic (exact) mass is 1040 g/mol. The summed E-state index contributed by atoms with van der Waals surface area (Å²) in [5.74, 6) is -9.68. The van der Waals surface area contributed by atoms with Crippen molar-refractivity contribution in [2.45, 2.75) is 118 Å². The Morgan fingerprint density at radius 3 is 2.03 bits per heavy atom. The smallest absolute Gasteiger partial charge is 0.246 e. The van der Waals surface area contributed by atoms with Crippen LogP contribution in [-0.2, 0) is 44.7 Å². The molecule has 29 nitrogen and oxygen atoms in total. The predicted octanol–water partition coefficient (Wildman–Crippen LogP) is -8.14. The summed E-state index contributed by atoms with van der Waals surface area (Å²) in [7, 11) is 0. The normalized spacial score (nSPS) is 30.8. The van der Waals surface area contributed by atoms with Crippen molar-refractivity contribution in [3.05, 3.63) is 59.7 Å². The molecule has 7 amide bonds. The first-order chi connectivity index (χ1) is 35.2. The lowest BCUT2D eigenvalue weighted by Gasteiger charge is -2.46. The van der Waals surface area contributed by atoms with Crippen LogP contribution < -0.4 is 53.2 Å². The first-order valence-electron chi connectivity index (χ1n) is 23.6. The zero-order chi connectivity index (χ0) is 54.1. The summed E-state index contributed by atoms with van der Waals surface area (Å²) in [5.41, 5.74) is 0.705. The number of phenolic OH excluding ortho intramolecular Hbond substituents is 1. The molecule has 74 heavy (non-hydrogen) atoms. The lowest BCUT2D eigenvalue weighted by atomic mass is 9.88. The minimum absolute atomic E-state index is 0.0804. The Bertz CT molecular complexity index is 2420.